The van der Waals surface area contributed by atoms with E-state index in [-0.39, 0.29) is 23.0 Å². The molecule has 7 heteroatoms. The first-order valence-electron chi connectivity index (χ1n) is 6.81. The highest BCUT2D eigenvalue weighted by Gasteiger charge is 2.24. The standard InChI is InChI=1S/C16H16O6S/c1-10(2)22-14-9-13(17)12(8-15(14)23(19,20)21)16(18)11-6-4-3-5-7-11/h3-10,17H,1-2H3,(H,19,20,21). The van der Waals surface area contributed by atoms with Crippen LogP contribution in [0.1, 0.15) is 29.8 Å². The van der Waals surface area contributed by atoms with Crippen LogP contribution in [0.2, 0.25) is 0 Å². The van der Waals surface area contributed by atoms with Gasteiger partial charge in [-0.25, -0.2) is 0 Å². The normalized spacial score (nSPS) is 11.5. The first-order valence-corrected chi connectivity index (χ1v) is 8.25. The Hall–Kier alpha value is -2.38. The summed E-state index contributed by atoms with van der Waals surface area (Å²) in [5.41, 5.74) is 0.0431. The smallest absolute Gasteiger partial charge is 0.298 e. The Morgan fingerprint density at radius 2 is 1.74 bits per heavy atom. The second-order valence-corrected chi connectivity index (χ2v) is 6.54. The average molecular weight is 336 g/mol. The second kappa shape index (κ2) is 6.39. The van der Waals surface area contributed by atoms with Gasteiger partial charge in [-0.1, -0.05) is 30.3 Å². The molecule has 0 atom stereocenters. The van der Waals surface area contributed by atoms with Gasteiger partial charge in [0, 0.05) is 11.6 Å². The van der Waals surface area contributed by atoms with Gasteiger partial charge in [-0.2, -0.15) is 8.42 Å². The number of aromatic hydroxyl groups is 1. The first kappa shape index (κ1) is 17.0. The molecule has 0 heterocycles. The molecule has 0 unspecified atom stereocenters. The maximum atomic E-state index is 12.4. The fourth-order valence-corrected chi connectivity index (χ4v) is 2.65. The van der Waals surface area contributed by atoms with Crippen LogP contribution in [0, 0.1) is 0 Å². The third kappa shape index (κ3) is 3.88. The van der Waals surface area contributed by atoms with Gasteiger partial charge < -0.3 is 9.84 Å². The summed E-state index contributed by atoms with van der Waals surface area (Å²) in [7, 11) is -4.62. The van der Waals surface area contributed by atoms with Crippen LogP contribution in [0.3, 0.4) is 0 Å². The largest absolute Gasteiger partial charge is 0.507 e. The topological polar surface area (TPSA) is 101 Å². The molecule has 2 aromatic rings. The number of ketones is 1. The van der Waals surface area contributed by atoms with Crippen molar-refractivity contribution in [2.24, 2.45) is 0 Å². The molecule has 0 bridgehead atoms. The van der Waals surface area contributed by atoms with Crippen molar-refractivity contribution in [3.8, 4) is 11.5 Å². The summed E-state index contributed by atoms with van der Waals surface area (Å²) >= 11 is 0. The lowest BCUT2D eigenvalue weighted by Gasteiger charge is -2.15. The van der Waals surface area contributed by atoms with Gasteiger partial charge in [0.25, 0.3) is 10.1 Å². The maximum absolute atomic E-state index is 12.4. The van der Waals surface area contributed by atoms with Gasteiger partial charge >= 0.3 is 0 Å². The Bertz CT molecular complexity index is 825. The predicted molar refractivity (Wildman–Crippen MR) is 83.6 cm³/mol. The molecular formula is C16H16O6S. The molecule has 122 valence electrons. The molecule has 0 saturated carbocycles. The Labute approximate surface area is 134 Å². The van der Waals surface area contributed by atoms with Gasteiger partial charge in [-0.15, -0.1) is 0 Å². The number of rotatable bonds is 5. The number of benzene rings is 2. The van der Waals surface area contributed by atoms with Crippen molar-refractivity contribution in [1.82, 2.24) is 0 Å². The Kier molecular flexibility index (Phi) is 4.72. The van der Waals surface area contributed by atoms with Gasteiger partial charge in [0.1, 0.15) is 16.4 Å². The number of ether oxygens (including phenoxy) is 1. The van der Waals surface area contributed by atoms with Crippen LogP contribution in [0.5, 0.6) is 11.5 Å². The molecule has 23 heavy (non-hydrogen) atoms. The fourth-order valence-electron chi connectivity index (χ4n) is 2.02. The summed E-state index contributed by atoms with van der Waals surface area (Å²) in [6, 6.07) is 10.0. The van der Waals surface area contributed by atoms with Crippen LogP contribution in [0.15, 0.2) is 47.4 Å². The molecule has 0 saturated heterocycles. The molecule has 2 N–H and O–H groups in total. The fraction of sp³-hybridized carbons (Fsp3) is 0.188. The van der Waals surface area contributed by atoms with E-state index in [0.717, 1.165) is 12.1 Å². The lowest BCUT2D eigenvalue weighted by atomic mass is 10.0. The number of carbonyl (C=O) groups excluding carboxylic acids is 1. The van der Waals surface area contributed by atoms with Crippen LogP contribution in [-0.4, -0.2) is 30.0 Å². The van der Waals surface area contributed by atoms with E-state index in [0.29, 0.717) is 0 Å². The SMILES string of the molecule is CC(C)Oc1cc(O)c(C(=O)c2ccccc2)cc1S(=O)(=O)O. The van der Waals surface area contributed by atoms with E-state index < -0.39 is 26.5 Å². The number of carbonyl (C=O) groups is 1. The van der Waals surface area contributed by atoms with E-state index in [1.807, 2.05) is 0 Å². The molecule has 2 aromatic carbocycles. The molecule has 0 aliphatic heterocycles. The zero-order chi connectivity index (χ0) is 17.2. The van der Waals surface area contributed by atoms with Gasteiger partial charge in [-0.3, -0.25) is 9.35 Å². The monoisotopic (exact) mass is 336 g/mol. The van der Waals surface area contributed by atoms with Crippen molar-refractivity contribution < 1.29 is 27.6 Å². The quantitative estimate of drug-likeness (QED) is 0.643. The summed E-state index contributed by atoms with van der Waals surface area (Å²) in [5, 5.41) is 10.0. The Morgan fingerprint density at radius 1 is 1.13 bits per heavy atom. The lowest BCUT2D eigenvalue weighted by Crippen LogP contribution is -2.12. The Balaban J connectivity index is 2.61. The summed E-state index contributed by atoms with van der Waals surface area (Å²) in [4.78, 5) is 11.8. The zero-order valence-electron chi connectivity index (χ0n) is 12.6. The van der Waals surface area contributed by atoms with Gasteiger partial charge in [-0.05, 0) is 19.9 Å². The first-order chi connectivity index (χ1) is 10.7. The van der Waals surface area contributed by atoms with Crippen molar-refractivity contribution in [1.29, 1.82) is 0 Å². The summed E-state index contributed by atoms with van der Waals surface area (Å²) < 4.78 is 37.7. The van der Waals surface area contributed by atoms with Crippen molar-refractivity contribution in [2.45, 2.75) is 24.8 Å². The average Bonchev–Trinajstić information content (AvgIpc) is 2.45. The minimum Gasteiger partial charge on any atom is -0.507 e. The van der Waals surface area contributed by atoms with E-state index in [1.54, 1.807) is 32.0 Å². The maximum Gasteiger partial charge on any atom is 0.298 e. The van der Waals surface area contributed by atoms with Crippen molar-refractivity contribution >= 4 is 15.9 Å². The minimum absolute atomic E-state index is 0.218. The highest BCUT2D eigenvalue weighted by atomic mass is 32.2. The molecule has 6 nitrogen and oxygen atoms in total. The highest BCUT2D eigenvalue weighted by Crippen LogP contribution is 2.33. The molecule has 0 fully saturated rings. The molecular weight excluding hydrogens is 320 g/mol. The molecule has 0 aliphatic rings. The van der Waals surface area contributed by atoms with E-state index in [4.69, 9.17) is 4.74 Å². The summed E-state index contributed by atoms with van der Waals surface area (Å²) in [5.74, 6) is -1.21. The van der Waals surface area contributed by atoms with Crippen LogP contribution >= 0.6 is 0 Å². The van der Waals surface area contributed by atoms with Crippen LogP contribution in [0.4, 0.5) is 0 Å². The van der Waals surface area contributed by atoms with Crippen LogP contribution < -0.4 is 4.74 Å². The molecule has 0 spiro atoms. The predicted octanol–water partition coefficient (Wildman–Crippen LogP) is 2.66. The third-order valence-corrected chi connectivity index (χ3v) is 3.86. The van der Waals surface area contributed by atoms with Crippen molar-refractivity contribution in [3.05, 3.63) is 53.6 Å². The molecule has 0 amide bonds. The summed E-state index contributed by atoms with van der Waals surface area (Å²) in [6.07, 6.45) is -0.384. The lowest BCUT2D eigenvalue weighted by molar-refractivity contribution is 0.103. The van der Waals surface area contributed by atoms with Gasteiger partial charge in [0.2, 0.25) is 0 Å². The number of hydrogen-bond donors (Lipinski definition) is 2. The number of hydrogen-bond acceptors (Lipinski definition) is 5. The van der Waals surface area contributed by atoms with E-state index in [2.05, 4.69) is 0 Å². The van der Waals surface area contributed by atoms with E-state index in [9.17, 15) is 22.9 Å². The summed E-state index contributed by atoms with van der Waals surface area (Å²) in [6.45, 7) is 3.32. The van der Waals surface area contributed by atoms with Crippen LogP contribution in [0.25, 0.3) is 0 Å². The number of phenols is 1. The van der Waals surface area contributed by atoms with E-state index >= 15 is 0 Å². The van der Waals surface area contributed by atoms with Crippen molar-refractivity contribution in [3.63, 3.8) is 0 Å². The second-order valence-electron chi connectivity index (χ2n) is 5.15. The molecule has 0 aromatic heterocycles. The van der Waals surface area contributed by atoms with Gasteiger partial charge in [0.05, 0.1) is 11.7 Å². The molecule has 0 radical (unpaired) electrons. The number of phenolic OH excluding ortho intramolecular Hbond substituents is 1. The minimum atomic E-state index is -4.62. The van der Waals surface area contributed by atoms with Gasteiger partial charge in [0.15, 0.2) is 5.78 Å². The molecule has 2 rings (SSSR count). The third-order valence-electron chi connectivity index (χ3n) is 2.98. The zero-order valence-corrected chi connectivity index (χ0v) is 13.4. The van der Waals surface area contributed by atoms with Crippen LogP contribution in [-0.2, 0) is 10.1 Å². The Morgan fingerprint density at radius 3 is 2.26 bits per heavy atom. The highest BCUT2D eigenvalue weighted by molar-refractivity contribution is 7.86. The molecule has 0 aliphatic carbocycles. The van der Waals surface area contributed by atoms with Crippen molar-refractivity contribution in [2.75, 3.05) is 0 Å². The van der Waals surface area contributed by atoms with E-state index in [1.165, 1.54) is 12.1 Å².